The predicted molar refractivity (Wildman–Crippen MR) is 245 cm³/mol. The predicted octanol–water partition coefficient (Wildman–Crippen LogP) is 10.3. The van der Waals surface area contributed by atoms with Crippen LogP contribution in [-0.4, -0.2) is 97.3 Å². The zero-order chi connectivity index (χ0) is 44.6. The number of hydrogen-bond donors (Lipinski definition) is 3. The molecule has 0 radical (unpaired) electrons. The number of aliphatic hydroxyl groups excluding tert-OH is 2. The number of unbranched alkanes of at least 4 members (excludes halogenated alkanes) is 5. The fraction of sp³-hybridized carbons (Fsp3) is 0.583. The lowest BCUT2D eigenvalue weighted by atomic mass is 10.1. The highest BCUT2D eigenvalue weighted by atomic mass is 31.2. The van der Waals surface area contributed by atoms with Crippen LogP contribution in [0.15, 0.2) is 109 Å². The molecule has 0 aromatic carbocycles. The monoisotopic (exact) mass is 861 g/mol. The number of nitrogens with zero attached hydrogens (tertiary/aromatic N) is 1. The van der Waals surface area contributed by atoms with Gasteiger partial charge in [-0.2, -0.15) is 0 Å². The Morgan fingerprint density at radius 1 is 0.600 bits per heavy atom. The minimum atomic E-state index is -4.44. The number of carbonyl (C=O) groups excluding carboxylic acids is 2. The van der Waals surface area contributed by atoms with Gasteiger partial charge < -0.3 is 29.1 Å². The van der Waals surface area contributed by atoms with Crippen LogP contribution >= 0.6 is 7.82 Å². The summed E-state index contributed by atoms with van der Waals surface area (Å²) in [6, 6.07) is 0. The lowest BCUT2D eigenvalue weighted by Gasteiger charge is -2.24. The first-order valence-electron chi connectivity index (χ1n) is 21.8. The molecule has 4 atom stereocenters. The van der Waals surface area contributed by atoms with Crippen LogP contribution in [0, 0.1) is 0 Å². The number of carbonyl (C=O) groups is 2. The highest BCUT2D eigenvalue weighted by Crippen LogP contribution is 2.43. The van der Waals surface area contributed by atoms with Crippen LogP contribution < -0.4 is 0 Å². The van der Waals surface area contributed by atoms with E-state index in [2.05, 4.69) is 43.4 Å². The van der Waals surface area contributed by atoms with E-state index in [1.54, 1.807) is 36.5 Å². The van der Waals surface area contributed by atoms with Crippen molar-refractivity contribution in [3.8, 4) is 0 Å². The van der Waals surface area contributed by atoms with Crippen molar-refractivity contribution in [3.63, 3.8) is 0 Å². The Labute approximate surface area is 362 Å². The van der Waals surface area contributed by atoms with Crippen molar-refractivity contribution in [1.82, 2.24) is 0 Å². The summed E-state index contributed by atoms with van der Waals surface area (Å²) in [6.07, 6.45) is 45.0. The largest absolute Gasteiger partial charge is 0.472 e. The molecule has 0 saturated heterocycles. The number of esters is 2. The fourth-order valence-electron chi connectivity index (χ4n) is 5.05. The molecular weight excluding hydrogens is 781 g/mol. The van der Waals surface area contributed by atoms with Crippen molar-refractivity contribution in [2.75, 3.05) is 47.5 Å². The van der Waals surface area contributed by atoms with Gasteiger partial charge in [0.15, 0.2) is 6.10 Å². The number of hydrogen-bond acceptors (Lipinski definition) is 9. The van der Waals surface area contributed by atoms with Crippen LogP contribution in [-0.2, 0) is 32.7 Å². The second-order valence-electron chi connectivity index (χ2n) is 15.4. The van der Waals surface area contributed by atoms with E-state index in [1.807, 2.05) is 64.5 Å². The number of likely N-dealkylation sites (N-methyl/N-ethyl adjacent to an activating group) is 1. The molecule has 1 unspecified atom stereocenters. The molecule has 11 nitrogen and oxygen atoms in total. The molecule has 3 N–H and O–H groups in total. The second kappa shape index (κ2) is 38.5. The van der Waals surface area contributed by atoms with Crippen LogP contribution in [0.2, 0.25) is 0 Å². The summed E-state index contributed by atoms with van der Waals surface area (Å²) in [5, 5.41) is 20.0. The zero-order valence-corrected chi connectivity index (χ0v) is 38.3. The maximum Gasteiger partial charge on any atom is 0.472 e. The minimum Gasteiger partial charge on any atom is -0.462 e. The van der Waals surface area contributed by atoms with Crippen molar-refractivity contribution >= 4 is 19.8 Å². The Bertz CT molecular complexity index is 1420. The van der Waals surface area contributed by atoms with Crippen LogP contribution in [0.5, 0.6) is 0 Å². The van der Waals surface area contributed by atoms with E-state index >= 15 is 0 Å². The molecule has 0 aliphatic heterocycles. The summed E-state index contributed by atoms with van der Waals surface area (Å²) >= 11 is 0. The van der Waals surface area contributed by atoms with Gasteiger partial charge in [0.1, 0.15) is 19.8 Å². The fourth-order valence-corrected chi connectivity index (χ4v) is 5.79. The van der Waals surface area contributed by atoms with E-state index in [-0.39, 0.29) is 26.1 Å². The van der Waals surface area contributed by atoms with Crippen LogP contribution in [0.25, 0.3) is 0 Å². The molecule has 0 rings (SSSR count). The summed E-state index contributed by atoms with van der Waals surface area (Å²) in [5.41, 5.74) is 0. The van der Waals surface area contributed by atoms with E-state index in [1.165, 1.54) is 0 Å². The molecule has 0 aromatic rings. The average Bonchev–Trinajstić information content (AvgIpc) is 3.19. The maximum atomic E-state index is 12.7. The van der Waals surface area contributed by atoms with Gasteiger partial charge >= 0.3 is 19.8 Å². The van der Waals surface area contributed by atoms with Gasteiger partial charge in [-0.1, -0.05) is 142 Å². The van der Waals surface area contributed by atoms with Gasteiger partial charge in [-0.25, -0.2) is 4.57 Å². The average molecular weight is 861 g/mol. The summed E-state index contributed by atoms with van der Waals surface area (Å²) < 4.78 is 34.1. The molecule has 0 aromatic heterocycles. The minimum absolute atomic E-state index is 0.0117. The molecular formula is C48H79NO10P+. The summed E-state index contributed by atoms with van der Waals surface area (Å²) in [6.45, 7) is 3.85. The van der Waals surface area contributed by atoms with Gasteiger partial charge in [0.05, 0.1) is 40.0 Å². The standard InChI is InChI=1S/C48H78NO10P/c1-6-8-10-11-12-13-14-15-16-17-18-19-20-24-32-38-47(52)56-42-46(43-58-60(54,55)57-41-40-49(3,4)5)59-48(53)39-33-25-22-21-23-29-35-45(51)37-31-27-26-30-36-44(50)34-28-9-7-2/h8-10,12-13,15-16,22-23,25-31,36-37,44-46,50-51H,6-7,11,14,17-21,24,32-35,38-43H2,1-5H3/p+1/b10-8-,13-12-,16-15-,25-22-,27-26-,28-9-,29-23-,36-30+,37-31+/t44-,45+,46+/m0/s1. The first-order chi connectivity index (χ1) is 28.8. The van der Waals surface area contributed by atoms with Gasteiger partial charge in [0, 0.05) is 12.8 Å². The lowest BCUT2D eigenvalue weighted by Crippen LogP contribution is -2.37. The van der Waals surface area contributed by atoms with E-state index in [9.17, 15) is 29.3 Å². The molecule has 0 bridgehead atoms. The SMILES string of the molecule is CC/C=C\C/C=C\C/C=C\CCCCCCCC(=O)OC[C@H](COP(=O)(O)OCC[N+](C)(C)C)OC(=O)CC/C=C\C/C=C\C[C@@H](O)/C=C/C=C\C=C\[C@@H](O)C/C=C\CC. The highest BCUT2D eigenvalue weighted by molar-refractivity contribution is 7.47. The molecule has 0 fully saturated rings. The molecule has 0 heterocycles. The number of allylic oxidation sites excluding steroid dienone is 14. The van der Waals surface area contributed by atoms with Crippen molar-refractivity contribution in [3.05, 3.63) is 109 Å². The molecule has 0 amide bonds. The molecule has 0 saturated carbocycles. The first-order valence-corrected chi connectivity index (χ1v) is 23.3. The normalized spacial score (nSPS) is 15.7. The van der Waals surface area contributed by atoms with E-state index in [0.29, 0.717) is 43.1 Å². The van der Waals surface area contributed by atoms with Crippen molar-refractivity contribution in [2.45, 2.75) is 135 Å². The number of ether oxygens (including phenoxy) is 2. The van der Waals surface area contributed by atoms with E-state index in [4.69, 9.17) is 18.5 Å². The van der Waals surface area contributed by atoms with Crippen molar-refractivity contribution < 1.29 is 52.3 Å². The quantitative estimate of drug-likeness (QED) is 0.0138. The van der Waals surface area contributed by atoms with Crippen molar-refractivity contribution in [1.29, 1.82) is 0 Å². The number of aliphatic hydroxyl groups is 2. The Kier molecular flexibility index (Phi) is 36.3. The lowest BCUT2D eigenvalue weighted by molar-refractivity contribution is -0.870. The van der Waals surface area contributed by atoms with Gasteiger partial charge in [0.25, 0.3) is 0 Å². The number of rotatable bonds is 37. The Hall–Kier alpha value is -3.41. The van der Waals surface area contributed by atoms with Gasteiger partial charge in [-0.15, -0.1) is 0 Å². The van der Waals surface area contributed by atoms with E-state index in [0.717, 1.165) is 57.8 Å². The Balaban J connectivity index is 4.66. The summed E-state index contributed by atoms with van der Waals surface area (Å²) in [7, 11) is 1.33. The smallest absolute Gasteiger partial charge is 0.462 e. The number of quaternary nitrogens is 1. The molecule has 60 heavy (non-hydrogen) atoms. The Morgan fingerprint density at radius 3 is 1.73 bits per heavy atom. The van der Waals surface area contributed by atoms with Gasteiger partial charge in [0.2, 0.25) is 0 Å². The zero-order valence-electron chi connectivity index (χ0n) is 37.4. The van der Waals surface area contributed by atoms with E-state index < -0.39 is 44.7 Å². The third-order valence-corrected chi connectivity index (χ3v) is 9.46. The molecule has 340 valence electrons. The topological polar surface area (TPSA) is 149 Å². The van der Waals surface area contributed by atoms with Crippen LogP contribution in [0.4, 0.5) is 0 Å². The summed E-state index contributed by atoms with van der Waals surface area (Å²) in [5.74, 6) is -1.000. The van der Waals surface area contributed by atoms with Gasteiger partial charge in [-0.05, 0) is 70.6 Å². The van der Waals surface area contributed by atoms with Crippen LogP contribution in [0.3, 0.4) is 0 Å². The molecule has 0 aliphatic carbocycles. The third kappa shape index (κ3) is 41.3. The maximum absolute atomic E-state index is 12.7. The molecule has 0 spiro atoms. The van der Waals surface area contributed by atoms with Crippen molar-refractivity contribution in [2.24, 2.45) is 0 Å². The second-order valence-corrected chi connectivity index (χ2v) is 16.8. The Morgan fingerprint density at radius 2 is 1.12 bits per heavy atom. The van der Waals surface area contributed by atoms with Gasteiger partial charge in [-0.3, -0.25) is 18.6 Å². The summed E-state index contributed by atoms with van der Waals surface area (Å²) in [4.78, 5) is 35.3. The molecule has 12 heteroatoms. The number of phosphoric acid groups is 1. The highest BCUT2D eigenvalue weighted by Gasteiger charge is 2.27. The number of phosphoric ester groups is 1. The first kappa shape index (κ1) is 56.6. The van der Waals surface area contributed by atoms with Crippen LogP contribution in [0.1, 0.15) is 117 Å². The molecule has 0 aliphatic rings. The third-order valence-electron chi connectivity index (χ3n) is 8.48.